The molecule has 1 aliphatic rings. The normalized spacial score (nSPS) is 20.3. The summed E-state index contributed by atoms with van der Waals surface area (Å²) >= 11 is 3.08. The number of aliphatic hydroxyl groups excluding tert-OH is 1. The third kappa shape index (κ3) is 9.57. The Morgan fingerprint density at radius 1 is 1.18 bits per heavy atom. The fourth-order valence-corrected chi connectivity index (χ4v) is 5.70. The minimum Gasteiger partial charge on any atom is -0.390 e. The number of phosphoric acid groups is 1. The fraction of sp³-hybridized carbons (Fsp3) is 0.367. The van der Waals surface area contributed by atoms with Crippen LogP contribution in [0.5, 0.6) is 0 Å². The summed E-state index contributed by atoms with van der Waals surface area (Å²) in [4.78, 5) is 58.0. The number of nitrogens with one attached hydrogen (secondary N) is 1. The van der Waals surface area contributed by atoms with E-state index in [0.717, 1.165) is 10.1 Å². The molecular weight excluding hydrogens is 673 g/mol. The van der Waals surface area contributed by atoms with Gasteiger partial charge in [-0.3, -0.25) is 28.6 Å². The van der Waals surface area contributed by atoms with Crippen molar-refractivity contribution in [2.75, 3.05) is 11.7 Å². The number of anilines is 1. The number of hydrogen-bond acceptors (Lipinski definition) is 10. The standard InChI is InChI=1S/C30H35BrN3O10P/c1-20(2)15-24(34(23-11-7-4-8-12-23)41-18-21-9-5-3-6-10-21)29(37)44-45(39,40)42-19-26-25(35)16-27(43-26)33-17-22(13-14-31)28(36)32-30(33)38/h3-14,17,20,24-27,35H,15-16,18-19H2,1-2H3,(H,39,40)(H,32,36,38)/b14-13+/t24-,25-,26+,27+/m0/s1. The average molecular weight is 708 g/mol. The number of ether oxygens (including phenoxy) is 1. The number of hydrogen-bond donors (Lipinski definition) is 3. The maximum absolute atomic E-state index is 13.5. The summed E-state index contributed by atoms with van der Waals surface area (Å²) in [6.45, 7) is 3.26. The Balaban J connectivity index is 1.45. The lowest BCUT2D eigenvalue weighted by Gasteiger charge is -2.32. The molecule has 13 nitrogen and oxygen atoms in total. The first-order chi connectivity index (χ1) is 21.5. The molecule has 0 bridgehead atoms. The van der Waals surface area contributed by atoms with E-state index in [1.165, 1.54) is 22.3 Å². The first-order valence-corrected chi connectivity index (χ1v) is 16.6. The smallest absolute Gasteiger partial charge is 0.390 e. The van der Waals surface area contributed by atoms with E-state index in [9.17, 15) is 28.9 Å². The highest BCUT2D eigenvalue weighted by molar-refractivity contribution is 9.11. The van der Waals surface area contributed by atoms with E-state index in [1.807, 2.05) is 44.2 Å². The van der Waals surface area contributed by atoms with Gasteiger partial charge in [0.15, 0.2) is 6.04 Å². The second-order valence-electron chi connectivity index (χ2n) is 10.7. The van der Waals surface area contributed by atoms with Crippen molar-refractivity contribution < 1.29 is 38.0 Å². The summed E-state index contributed by atoms with van der Waals surface area (Å²) in [6.07, 6.45) is -0.514. The molecule has 0 spiro atoms. The number of rotatable bonds is 14. The Hall–Kier alpha value is -3.36. The quantitative estimate of drug-likeness (QED) is 0.162. The van der Waals surface area contributed by atoms with E-state index < -0.39 is 56.1 Å². The minimum atomic E-state index is -5.01. The van der Waals surface area contributed by atoms with Crippen molar-refractivity contribution in [1.82, 2.24) is 9.55 Å². The Bertz CT molecular complexity index is 1620. The van der Waals surface area contributed by atoms with E-state index in [-0.39, 0.29) is 30.9 Å². The van der Waals surface area contributed by atoms with Crippen molar-refractivity contribution in [3.05, 3.63) is 104 Å². The zero-order valence-corrected chi connectivity index (χ0v) is 27.1. The Morgan fingerprint density at radius 2 is 1.84 bits per heavy atom. The molecule has 15 heteroatoms. The number of aliphatic hydroxyl groups is 1. The van der Waals surface area contributed by atoms with Crippen molar-refractivity contribution >= 4 is 41.5 Å². The first kappa shape index (κ1) is 34.5. The number of aromatic amines is 1. The zero-order valence-electron chi connectivity index (χ0n) is 24.6. The Labute approximate surface area is 267 Å². The second-order valence-corrected chi connectivity index (χ2v) is 12.6. The average Bonchev–Trinajstić information content (AvgIpc) is 3.37. The predicted octanol–water partition coefficient (Wildman–Crippen LogP) is 4.26. The van der Waals surface area contributed by atoms with Crippen molar-refractivity contribution in [3.63, 3.8) is 0 Å². The molecule has 4 rings (SSSR count). The number of para-hydroxylation sites is 1. The van der Waals surface area contributed by atoms with Crippen LogP contribution >= 0.6 is 23.8 Å². The molecule has 1 fully saturated rings. The van der Waals surface area contributed by atoms with Crippen molar-refractivity contribution in [2.24, 2.45) is 5.92 Å². The molecule has 242 valence electrons. The number of carbonyl (C=O) groups excluding carboxylic acids is 1. The summed E-state index contributed by atoms with van der Waals surface area (Å²) in [5.74, 6) is -1.08. The maximum Gasteiger partial charge on any atom is 0.529 e. The molecule has 0 radical (unpaired) electrons. The predicted molar refractivity (Wildman–Crippen MR) is 169 cm³/mol. The monoisotopic (exact) mass is 707 g/mol. The number of nitrogens with zero attached hydrogens (tertiary/aromatic N) is 2. The highest BCUT2D eigenvalue weighted by atomic mass is 79.9. The van der Waals surface area contributed by atoms with Crippen LogP contribution in [0.2, 0.25) is 0 Å². The number of hydroxylamine groups is 1. The molecule has 3 N–H and O–H groups in total. The number of halogens is 1. The summed E-state index contributed by atoms with van der Waals surface area (Å²) < 4.78 is 29.9. The van der Waals surface area contributed by atoms with E-state index in [1.54, 1.807) is 30.3 Å². The number of aromatic nitrogens is 2. The third-order valence-electron chi connectivity index (χ3n) is 6.83. The number of phosphoric ester groups is 1. The first-order valence-electron chi connectivity index (χ1n) is 14.1. The van der Waals surface area contributed by atoms with Crippen LogP contribution in [0.1, 0.15) is 44.0 Å². The molecule has 0 aliphatic carbocycles. The highest BCUT2D eigenvalue weighted by Crippen LogP contribution is 2.45. The van der Waals surface area contributed by atoms with Gasteiger partial charge in [0.1, 0.15) is 12.3 Å². The van der Waals surface area contributed by atoms with Gasteiger partial charge in [0.25, 0.3) is 5.56 Å². The molecule has 1 aliphatic heterocycles. The molecule has 1 saturated heterocycles. The largest absolute Gasteiger partial charge is 0.529 e. The SMILES string of the molecule is CC(C)C[C@@H](C(=O)OP(=O)(O)OC[C@H]1O[C@@H](n2cc(/C=C/Br)c(=O)[nH]c2=O)C[C@@H]1O)N(OCc1ccccc1)c1ccccc1. The summed E-state index contributed by atoms with van der Waals surface area (Å²) in [5.41, 5.74) is 0.163. The van der Waals surface area contributed by atoms with Crippen LogP contribution in [0.4, 0.5) is 5.69 Å². The molecule has 3 aromatic rings. The second kappa shape index (κ2) is 15.8. The molecule has 0 saturated carbocycles. The van der Waals surface area contributed by atoms with Gasteiger partial charge in [-0.25, -0.2) is 19.2 Å². The van der Waals surface area contributed by atoms with Gasteiger partial charge >= 0.3 is 19.5 Å². The van der Waals surface area contributed by atoms with E-state index in [2.05, 4.69) is 20.9 Å². The molecular formula is C30H35BrN3O10P. The maximum atomic E-state index is 13.5. The van der Waals surface area contributed by atoms with E-state index in [4.69, 9.17) is 18.6 Å². The number of benzene rings is 2. The van der Waals surface area contributed by atoms with Crippen LogP contribution in [-0.2, 0) is 34.6 Å². The van der Waals surface area contributed by atoms with Crippen LogP contribution in [0.3, 0.4) is 0 Å². The highest BCUT2D eigenvalue weighted by Gasteiger charge is 2.40. The molecule has 2 aromatic carbocycles. The van der Waals surface area contributed by atoms with Crippen LogP contribution in [0.25, 0.3) is 6.08 Å². The number of H-pyrrole nitrogens is 1. The van der Waals surface area contributed by atoms with Crippen LogP contribution in [-0.4, -0.2) is 50.4 Å². The topological polar surface area (TPSA) is 170 Å². The molecule has 45 heavy (non-hydrogen) atoms. The van der Waals surface area contributed by atoms with Crippen LogP contribution in [0.15, 0.2) is 81.4 Å². The van der Waals surface area contributed by atoms with Crippen molar-refractivity contribution in [3.8, 4) is 0 Å². The van der Waals surface area contributed by atoms with Gasteiger partial charge in [-0.15, -0.1) is 0 Å². The van der Waals surface area contributed by atoms with Gasteiger partial charge in [0.2, 0.25) is 0 Å². The summed E-state index contributed by atoms with van der Waals surface area (Å²) in [5, 5.41) is 11.9. The van der Waals surface area contributed by atoms with Gasteiger partial charge in [0, 0.05) is 12.6 Å². The van der Waals surface area contributed by atoms with Crippen LogP contribution < -0.4 is 16.3 Å². The van der Waals surface area contributed by atoms with Gasteiger partial charge in [0.05, 0.1) is 30.6 Å². The van der Waals surface area contributed by atoms with Crippen molar-refractivity contribution in [2.45, 2.75) is 57.8 Å². The molecule has 2 heterocycles. The van der Waals surface area contributed by atoms with Gasteiger partial charge in [-0.2, -0.15) is 0 Å². The molecule has 1 unspecified atom stereocenters. The van der Waals surface area contributed by atoms with Crippen molar-refractivity contribution in [1.29, 1.82) is 0 Å². The van der Waals surface area contributed by atoms with Gasteiger partial charge in [-0.1, -0.05) is 78.3 Å². The number of carbonyl (C=O) groups is 1. The van der Waals surface area contributed by atoms with Gasteiger partial charge in [-0.05, 0) is 41.1 Å². The third-order valence-corrected chi connectivity index (χ3v) is 7.98. The molecule has 1 aromatic heterocycles. The van der Waals surface area contributed by atoms with Gasteiger partial charge < -0.3 is 14.4 Å². The lowest BCUT2D eigenvalue weighted by atomic mass is 10.0. The fourth-order valence-electron chi connectivity index (χ4n) is 4.68. The zero-order chi connectivity index (χ0) is 32.6. The lowest BCUT2D eigenvalue weighted by molar-refractivity contribution is -0.141. The van der Waals surface area contributed by atoms with Crippen LogP contribution in [0, 0.1) is 5.92 Å². The minimum absolute atomic E-state index is 0.0334. The molecule has 5 atom stereocenters. The van der Waals surface area contributed by atoms with E-state index in [0.29, 0.717) is 5.69 Å². The Kier molecular flexibility index (Phi) is 12.1. The Morgan fingerprint density at radius 3 is 2.49 bits per heavy atom. The summed E-state index contributed by atoms with van der Waals surface area (Å²) in [7, 11) is -5.01. The van der Waals surface area contributed by atoms with E-state index >= 15 is 0 Å². The lowest BCUT2D eigenvalue weighted by Crippen LogP contribution is -2.43. The molecule has 0 amide bonds. The summed E-state index contributed by atoms with van der Waals surface area (Å²) in [6, 6.07) is 17.0.